The summed E-state index contributed by atoms with van der Waals surface area (Å²) in [6.45, 7) is 3.66. The second-order valence-corrected chi connectivity index (χ2v) is 5.03. The number of ether oxygens (including phenoxy) is 1. The van der Waals surface area contributed by atoms with Crippen LogP contribution in [0.1, 0.15) is 24.5 Å². The van der Waals surface area contributed by atoms with Crippen molar-refractivity contribution in [2.45, 2.75) is 20.3 Å². The van der Waals surface area contributed by atoms with Crippen molar-refractivity contribution in [2.75, 3.05) is 12.9 Å². The molecule has 17 heavy (non-hydrogen) atoms. The third-order valence-electron chi connectivity index (χ3n) is 2.36. The number of methoxy groups -OCH3 is 1. The third-order valence-corrected chi connectivity index (χ3v) is 3.21. The molecule has 0 aliphatic carbocycles. The molecular formula is C14H18O2S. The van der Waals surface area contributed by atoms with Gasteiger partial charge in [-0.1, -0.05) is 30.0 Å². The summed E-state index contributed by atoms with van der Waals surface area (Å²) in [5, 5.41) is 0.180. The average molecular weight is 250 g/mol. The van der Waals surface area contributed by atoms with Crippen LogP contribution in [0.5, 0.6) is 5.75 Å². The lowest BCUT2D eigenvalue weighted by Crippen LogP contribution is -1.86. The Bertz CT molecular complexity index is 411. The van der Waals surface area contributed by atoms with E-state index in [1.165, 1.54) is 22.9 Å². The lowest BCUT2D eigenvalue weighted by molar-refractivity contribution is -0.109. The van der Waals surface area contributed by atoms with E-state index in [0.717, 1.165) is 17.9 Å². The molecule has 2 nitrogen and oxygen atoms in total. The van der Waals surface area contributed by atoms with Crippen LogP contribution < -0.4 is 4.74 Å². The molecule has 0 bridgehead atoms. The Morgan fingerprint density at radius 2 is 2.24 bits per heavy atom. The minimum Gasteiger partial charge on any atom is -0.497 e. The molecule has 0 aromatic heterocycles. The highest BCUT2D eigenvalue weighted by atomic mass is 32.2. The lowest BCUT2D eigenvalue weighted by atomic mass is 10.1. The Balaban J connectivity index is 2.50. The van der Waals surface area contributed by atoms with E-state index in [-0.39, 0.29) is 5.12 Å². The molecule has 0 spiro atoms. The quantitative estimate of drug-likeness (QED) is 0.746. The van der Waals surface area contributed by atoms with Crippen LogP contribution >= 0.6 is 11.8 Å². The van der Waals surface area contributed by atoms with Crippen molar-refractivity contribution in [3.63, 3.8) is 0 Å². The molecule has 0 atom stereocenters. The van der Waals surface area contributed by atoms with Crippen LogP contribution in [0.2, 0.25) is 0 Å². The second-order valence-electron chi connectivity index (χ2n) is 3.75. The largest absolute Gasteiger partial charge is 0.497 e. The average Bonchev–Trinajstić information content (AvgIpc) is 2.30. The first kappa shape index (κ1) is 13.8. The fourth-order valence-electron chi connectivity index (χ4n) is 1.44. The number of allylic oxidation sites excluding steroid dienone is 1. The predicted octanol–water partition coefficient (Wildman–Crippen LogP) is 3.69. The minimum atomic E-state index is 0.180. The first-order valence-corrected chi connectivity index (χ1v) is 6.56. The van der Waals surface area contributed by atoms with E-state index in [1.807, 2.05) is 18.2 Å². The van der Waals surface area contributed by atoms with Gasteiger partial charge in [0.15, 0.2) is 5.12 Å². The summed E-state index contributed by atoms with van der Waals surface area (Å²) in [5.74, 6) is 1.73. The molecule has 0 amide bonds. The molecule has 1 aromatic carbocycles. The normalized spacial score (nSPS) is 10.8. The topological polar surface area (TPSA) is 26.3 Å². The van der Waals surface area contributed by atoms with Gasteiger partial charge in [-0.2, -0.15) is 0 Å². The van der Waals surface area contributed by atoms with Crippen LogP contribution in [0.4, 0.5) is 0 Å². The Hall–Kier alpha value is -1.22. The molecule has 0 heterocycles. The van der Waals surface area contributed by atoms with Crippen molar-refractivity contribution >= 4 is 23.0 Å². The summed E-state index contributed by atoms with van der Waals surface area (Å²) >= 11 is 1.37. The van der Waals surface area contributed by atoms with Gasteiger partial charge in [0.1, 0.15) is 5.75 Å². The molecule has 0 saturated heterocycles. The summed E-state index contributed by atoms with van der Waals surface area (Å²) < 4.78 is 5.15. The standard InChI is InChI=1S/C14H18O2S/c1-11-10-14(16-3)8-7-13(11)6-4-5-9-17-12(2)15/h4,6-8,10H,5,9H2,1-3H3. The van der Waals surface area contributed by atoms with Crippen molar-refractivity contribution in [1.82, 2.24) is 0 Å². The van der Waals surface area contributed by atoms with E-state index in [2.05, 4.69) is 19.1 Å². The van der Waals surface area contributed by atoms with Gasteiger partial charge in [0, 0.05) is 12.7 Å². The van der Waals surface area contributed by atoms with Crippen LogP contribution in [-0.4, -0.2) is 18.0 Å². The Morgan fingerprint density at radius 3 is 2.82 bits per heavy atom. The van der Waals surface area contributed by atoms with Gasteiger partial charge in [-0.15, -0.1) is 0 Å². The van der Waals surface area contributed by atoms with Crippen LogP contribution in [0.25, 0.3) is 6.08 Å². The van der Waals surface area contributed by atoms with Gasteiger partial charge in [0.05, 0.1) is 7.11 Å². The van der Waals surface area contributed by atoms with Crippen LogP contribution in [0, 0.1) is 6.92 Å². The minimum absolute atomic E-state index is 0.180. The maximum absolute atomic E-state index is 10.7. The fraction of sp³-hybridized carbons (Fsp3) is 0.357. The SMILES string of the molecule is COc1ccc(C=CCCSC(C)=O)c(C)c1. The van der Waals surface area contributed by atoms with Gasteiger partial charge in [-0.05, 0) is 36.6 Å². The number of carbonyl (C=O) groups is 1. The second kappa shape index (κ2) is 7.17. The van der Waals surface area contributed by atoms with Gasteiger partial charge in [-0.25, -0.2) is 0 Å². The van der Waals surface area contributed by atoms with Crippen molar-refractivity contribution < 1.29 is 9.53 Å². The highest BCUT2D eigenvalue weighted by Gasteiger charge is 1.97. The van der Waals surface area contributed by atoms with Crippen LogP contribution in [-0.2, 0) is 4.79 Å². The van der Waals surface area contributed by atoms with Gasteiger partial charge in [0.2, 0.25) is 0 Å². The number of hydrogen-bond acceptors (Lipinski definition) is 3. The number of carbonyl (C=O) groups excluding carboxylic acids is 1. The maximum Gasteiger partial charge on any atom is 0.185 e. The van der Waals surface area contributed by atoms with Crippen molar-refractivity contribution in [1.29, 1.82) is 0 Å². The predicted molar refractivity (Wildman–Crippen MR) is 74.5 cm³/mol. The van der Waals surface area contributed by atoms with Crippen molar-refractivity contribution in [3.8, 4) is 5.75 Å². The molecule has 1 aromatic rings. The van der Waals surface area contributed by atoms with E-state index in [0.29, 0.717) is 0 Å². The molecule has 3 heteroatoms. The molecule has 0 N–H and O–H groups in total. The Morgan fingerprint density at radius 1 is 1.47 bits per heavy atom. The maximum atomic E-state index is 10.7. The first-order chi connectivity index (χ1) is 8.13. The zero-order chi connectivity index (χ0) is 12.7. The molecule has 0 radical (unpaired) electrons. The van der Waals surface area contributed by atoms with Crippen molar-refractivity contribution in [3.05, 3.63) is 35.4 Å². The third kappa shape index (κ3) is 5.09. The highest BCUT2D eigenvalue weighted by Crippen LogP contribution is 2.18. The zero-order valence-electron chi connectivity index (χ0n) is 10.5. The number of aryl methyl sites for hydroxylation is 1. The molecule has 0 aliphatic heterocycles. The number of benzene rings is 1. The smallest absolute Gasteiger partial charge is 0.185 e. The van der Waals surface area contributed by atoms with Crippen LogP contribution in [0.15, 0.2) is 24.3 Å². The van der Waals surface area contributed by atoms with Gasteiger partial charge >= 0.3 is 0 Å². The number of hydrogen-bond donors (Lipinski definition) is 0. The van der Waals surface area contributed by atoms with Gasteiger partial charge in [-0.3, -0.25) is 4.79 Å². The monoisotopic (exact) mass is 250 g/mol. The van der Waals surface area contributed by atoms with E-state index in [1.54, 1.807) is 14.0 Å². The van der Waals surface area contributed by atoms with E-state index in [9.17, 15) is 4.79 Å². The van der Waals surface area contributed by atoms with E-state index in [4.69, 9.17) is 4.74 Å². The first-order valence-electron chi connectivity index (χ1n) is 5.58. The summed E-state index contributed by atoms with van der Waals surface area (Å²) in [7, 11) is 1.67. The molecule has 0 unspecified atom stereocenters. The lowest BCUT2D eigenvalue weighted by Gasteiger charge is -2.04. The fourth-order valence-corrected chi connectivity index (χ4v) is 1.98. The van der Waals surface area contributed by atoms with Crippen molar-refractivity contribution in [2.24, 2.45) is 0 Å². The summed E-state index contributed by atoms with van der Waals surface area (Å²) in [6.07, 6.45) is 5.11. The molecular weight excluding hydrogens is 232 g/mol. The number of thioether (sulfide) groups is 1. The molecule has 92 valence electrons. The van der Waals surface area contributed by atoms with Crippen LogP contribution in [0.3, 0.4) is 0 Å². The van der Waals surface area contributed by atoms with Gasteiger partial charge < -0.3 is 4.74 Å². The Kier molecular flexibility index (Phi) is 5.84. The Labute approximate surface area is 107 Å². The molecule has 0 aliphatic rings. The van der Waals surface area contributed by atoms with E-state index >= 15 is 0 Å². The summed E-state index contributed by atoms with van der Waals surface area (Å²) in [4.78, 5) is 10.7. The molecule has 0 fully saturated rings. The molecule has 1 rings (SSSR count). The van der Waals surface area contributed by atoms with Gasteiger partial charge in [0.25, 0.3) is 0 Å². The summed E-state index contributed by atoms with van der Waals surface area (Å²) in [6, 6.07) is 6.02. The highest BCUT2D eigenvalue weighted by molar-refractivity contribution is 8.13. The zero-order valence-corrected chi connectivity index (χ0v) is 11.3. The van der Waals surface area contributed by atoms with E-state index < -0.39 is 0 Å². The molecule has 0 saturated carbocycles. The number of rotatable bonds is 5. The summed E-state index contributed by atoms with van der Waals surface area (Å²) in [5.41, 5.74) is 2.39.